The Morgan fingerprint density at radius 2 is 1.12 bits per heavy atom. The largest absolute Gasteiger partial charge is 0.332 e. The molecule has 0 atom stereocenters. The minimum Gasteiger partial charge on any atom is -0.332 e. The Hall–Kier alpha value is -7.30. The molecule has 2 aromatic carbocycles. The van der Waals surface area contributed by atoms with Crippen LogP contribution in [0.2, 0.25) is 0 Å². The van der Waals surface area contributed by atoms with Gasteiger partial charge >= 0.3 is 0 Å². The van der Waals surface area contributed by atoms with Gasteiger partial charge in [0, 0.05) is 63.9 Å². The molecule has 0 fully saturated rings. The van der Waals surface area contributed by atoms with Crippen LogP contribution in [0, 0.1) is 27.0 Å². The van der Waals surface area contributed by atoms with E-state index in [9.17, 15) is 0 Å². The molecule has 6 aromatic heterocycles. The minimum absolute atomic E-state index is 0. The highest BCUT2D eigenvalue weighted by Gasteiger charge is 2.14. The van der Waals surface area contributed by atoms with Gasteiger partial charge in [-0.05, 0) is 132 Å². The standard InChI is InChI=1S/C24H23N5.C24H21N5.H2/c2*1-17-12-22-21(13-19(17)8-9-25-2)20(5-4-18-6-10-26-11-7-18)14-23(28-22)24-15-27-16-29(24)3;/h6-7,10-16H,4-5,8-9H2,1,3H3;4-7,10-16H,8-9H2,1,3H3;1H/b;5-4+;. The lowest BCUT2D eigenvalue weighted by Gasteiger charge is -2.13. The molecule has 0 amide bonds. The summed E-state index contributed by atoms with van der Waals surface area (Å²) in [5.41, 5.74) is 15.3. The molecule has 8 aromatic rings. The van der Waals surface area contributed by atoms with Crippen LogP contribution in [-0.4, -0.2) is 52.1 Å². The van der Waals surface area contributed by atoms with Gasteiger partial charge in [0.15, 0.2) is 0 Å². The van der Waals surface area contributed by atoms with E-state index < -0.39 is 0 Å². The first-order chi connectivity index (χ1) is 28.3. The van der Waals surface area contributed by atoms with Crippen molar-refractivity contribution in [1.82, 2.24) is 39.0 Å². The average molecular weight is 763 g/mol. The van der Waals surface area contributed by atoms with E-state index in [-0.39, 0.29) is 1.43 Å². The van der Waals surface area contributed by atoms with Crippen LogP contribution in [0.1, 0.15) is 45.9 Å². The highest BCUT2D eigenvalue weighted by atomic mass is 15.0. The number of imidazole rings is 2. The van der Waals surface area contributed by atoms with E-state index in [1.54, 1.807) is 25.0 Å². The summed E-state index contributed by atoms with van der Waals surface area (Å²) < 4.78 is 3.97. The van der Waals surface area contributed by atoms with Crippen molar-refractivity contribution in [2.24, 2.45) is 14.1 Å². The molecule has 10 heteroatoms. The molecule has 6 heterocycles. The van der Waals surface area contributed by atoms with Crippen LogP contribution >= 0.6 is 0 Å². The highest BCUT2D eigenvalue weighted by Crippen LogP contribution is 2.30. The number of aromatic nitrogens is 8. The van der Waals surface area contributed by atoms with Crippen LogP contribution in [0.5, 0.6) is 0 Å². The molecule has 288 valence electrons. The fourth-order valence-electron chi connectivity index (χ4n) is 7.14. The van der Waals surface area contributed by atoms with Crippen LogP contribution in [0.15, 0.2) is 110 Å². The third-order valence-corrected chi connectivity index (χ3v) is 10.4. The van der Waals surface area contributed by atoms with Crippen LogP contribution in [0.4, 0.5) is 0 Å². The van der Waals surface area contributed by atoms with Gasteiger partial charge in [-0.1, -0.05) is 12.2 Å². The Balaban J connectivity index is 0.000000195. The first kappa shape index (κ1) is 39.0. The Morgan fingerprint density at radius 3 is 1.67 bits per heavy atom. The van der Waals surface area contributed by atoms with Gasteiger partial charge in [-0.2, -0.15) is 0 Å². The maximum atomic E-state index is 7.12. The maximum Gasteiger partial charge on any atom is 0.218 e. The first-order valence-electron chi connectivity index (χ1n) is 19.3. The summed E-state index contributed by atoms with van der Waals surface area (Å²) in [6.07, 6.45) is 22.1. The number of pyridine rings is 4. The molecular weight excluding hydrogens is 717 g/mol. The van der Waals surface area contributed by atoms with Crippen LogP contribution < -0.4 is 0 Å². The number of rotatable bonds is 11. The molecule has 0 bridgehead atoms. The van der Waals surface area contributed by atoms with Crippen molar-refractivity contribution in [2.75, 3.05) is 13.1 Å². The summed E-state index contributed by atoms with van der Waals surface area (Å²) in [7, 11) is 3.96. The third kappa shape index (κ3) is 9.04. The van der Waals surface area contributed by atoms with E-state index in [1.165, 1.54) is 38.8 Å². The SMILES string of the molecule is [C-]#[N+]CCc1cc2c(/C=C/c3ccncc3)cc(-c3cncn3C)nc2cc1C.[C-]#[N+]CCc1cc2c(CCc3ccncc3)cc(-c3cncn3C)nc2cc1C.[HH]. The van der Waals surface area contributed by atoms with E-state index in [0.717, 1.165) is 76.0 Å². The molecule has 0 aliphatic heterocycles. The van der Waals surface area contributed by atoms with E-state index in [1.807, 2.05) is 60.1 Å². The van der Waals surface area contributed by atoms with Crippen molar-refractivity contribution in [2.45, 2.75) is 39.5 Å². The van der Waals surface area contributed by atoms with Gasteiger partial charge in [-0.15, -0.1) is 0 Å². The number of aryl methyl sites for hydroxylation is 6. The Labute approximate surface area is 340 Å². The summed E-state index contributed by atoms with van der Waals surface area (Å²) in [5, 5.41) is 2.27. The van der Waals surface area contributed by atoms with Crippen molar-refractivity contribution >= 4 is 34.0 Å². The van der Waals surface area contributed by atoms with Crippen molar-refractivity contribution in [3.05, 3.63) is 178 Å². The van der Waals surface area contributed by atoms with E-state index >= 15 is 0 Å². The van der Waals surface area contributed by atoms with Crippen molar-refractivity contribution < 1.29 is 1.43 Å². The lowest BCUT2D eigenvalue weighted by Crippen LogP contribution is -2.01. The lowest BCUT2D eigenvalue weighted by molar-refractivity contribution is 0.914. The molecule has 0 spiro atoms. The summed E-state index contributed by atoms with van der Waals surface area (Å²) in [6.45, 7) is 19.4. The second-order valence-corrected chi connectivity index (χ2v) is 14.4. The third-order valence-electron chi connectivity index (χ3n) is 10.4. The van der Waals surface area contributed by atoms with Crippen molar-refractivity contribution in [3.63, 3.8) is 0 Å². The Morgan fingerprint density at radius 1 is 0.586 bits per heavy atom. The number of nitrogens with zero attached hydrogens (tertiary/aromatic N) is 10. The van der Waals surface area contributed by atoms with Crippen LogP contribution in [0.25, 0.3) is 66.4 Å². The van der Waals surface area contributed by atoms with E-state index in [0.29, 0.717) is 13.1 Å². The molecule has 0 aliphatic rings. The molecule has 0 saturated carbocycles. The van der Waals surface area contributed by atoms with Crippen molar-refractivity contribution in [1.29, 1.82) is 0 Å². The summed E-state index contributed by atoms with van der Waals surface area (Å²) in [6, 6.07) is 21.1. The Kier molecular flexibility index (Phi) is 12.2. The second-order valence-electron chi connectivity index (χ2n) is 14.4. The summed E-state index contributed by atoms with van der Waals surface area (Å²) in [5.74, 6) is 0. The fraction of sp³-hybridized carbons (Fsp3) is 0.208. The van der Waals surface area contributed by atoms with Gasteiger partial charge in [0.05, 0.1) is 58.9 Å². The molecule has 0 N–H and O–H groups in total. The zero-order chi connectivity index (χ0) is 40.4. The number of hydrogen-bond donors (Lipinski definition) is 0. The molecule has 0 aliphatic carbocycles. The number of fused-ring (bicyclic) bond motifs is 2. The average Bonchev–Trinajstić information content (AvgIpc) is 3.88. The van der Waals surface area contributed by atoms with Gasteiger partial charge in [0.1, 0.15) is 0 Å². The van der Waals surface area contributed by atoms with Gasteiger partial charge in [0.25, 0.3) is 0 Å². The predicted molar refractivity (Wildman–Crippen MR) is 235 cm³/mol. The maximum absolute atomic E-state index is 7.12. The Bertz CT molecular complexity index is 2810. The quantitative estimate of drug-likeness (QED) is 0.122. The highest BCUT2D eigenvalue weighted by molar-refractivity contribution is 5.93. The van der Waals surface area contributed by atoms with Gasteiger partial charge in [0.2, 0.25) is 13.1 Å². The van der Waals surface area contributed by atoms with Gasteiger partial charge in [-0.25, -0.2) is 33.1 Å². The van der Waals surface area contributed by atoms with Gasteiger partial charge < -0.3 is 18.8 Å². The second kappa shape index (κ2) is 18.1. The zero-order valence-corrected chi connectivity index (χ0v) is 33.3. The van der Waals surface area contributed by atoms with Gasteiger partial charge in [-0.3, -0.25) is 9.97 Å². The molecule has 58 heavy (non-hydrogen) atoms. The number of hydrogen-bond acceptors (Lipinski definition) is 6. The van der Waals surface area contributed by atoms with Crippen LogP contribution in [0.3, 0.4) is 0 Å². The predicted octanol–water partition coefficient (Wildman–Crippen LogP) is 9.80. The summed E-state index contributed by atoms with van der Waals surface area (Å²) >= 11 is 0. The molecular formula is C48H46N10. The monoisotopic (exact) mass is 762 g/mol. The zero-order valence-electron chi connectivity index (χ0n) is 33.3. The van der Waals surface area contributed by atoms with Crippen molar-refractivity contribution in [3.8, 4) is 22.8 Å². The molecule has 0 radical (unpaired) electrons. The molecule has 10 nitrogen and oxygen atoms in total. The topological polar surface area (TPSA) is 95.9 Å². The van der Waals surface area contributed by atoms with Crippen LogP contribution in [-0.2, 0) is 39.8 Å². The molecule has 8 rings (SSSR count). The lowest BCUT2D eigenvalue weighted by atomic mass is 9.95. The molecule has 0 unspecified atom stereocenters. The smallest absolute Gasteiger partial charge is 0.218 e. The normalized spacial score (nSPS) is 11.1. The number of benzene rings is 2. The van der Waals surface area contributed by atoms with E-state index in [2.05, 4.69) is 104 Å². The summed E-state index contributed by atoms with van der Waals surface area (Å²) in [4.78, 5) is 33.6. The first-order valence-corrected chi connectivity index (χ1v) is 19.3. The minimum atomic E-state index is 0. The fourth-order valence-corrected chi connectivity index (χ4v) is 7.14. The molecule has 0 saturated heterocycles. The van der Waals surface area contributed by atoms with E-state index in [4.69, 9.17) is 23.1 Å².